The molecule has 25 heavy (non-hydrogen) atoms. The highest BCUT2D eigenvalue weighted by molar-refractivity contribution is 5.13. The number of aliphatic hydroxyl groups excluding tert-OH is 1. The molecule has 2 N–H and O–H groups in total. The number of rotatable bonds is 3. The van der Waals surface area contributed by atoms with Gasteiger partial charge in [0.25, 0.3) is 0 Å². The fourth-order valence-corrected chi connectivity index (χ4v) is 8.67. The van der Waals surface area contributed by atoms with Gasteiger partial charge in [-0.15, -0.1) is 0 Å². The highest BCUT2D eigenvalue weighted by atomic mass is 16.3. The molecule has 144 valence electrons. The Bertz CT molecular complexity index is 502. The van der Waals surface area contributed by atoms with E-state index in [-0.39, 0.29) is 11.0 Å². The van der Waals surface area contributed by atoms with E-state index < -0.39 is 0 Å². The zero-order chi connectivity index (χ0) is 17.9. The second kappa shape index (κ2) is 6.23. The molecule has 2 nitrogen and oxygen atoms in total. The third-order valence-corrected chi connectivity index (χ3v) is 10.1. The van der Waals surface area contributed by atoms with Crippen molar-refractivity contribution >= 4 is 0 Å². The molecule has 0 saturated heterocycles. The summed E-state index contributed by atoms with van der Waals surface area (Å²) in [5.74, 6) is 4.21. The van der Waals surface area contributed by atoms with Gasteiger partial charge in [-0.2, -0.15) is 0 Å². The molecule has 0 aliphatic heterocycles. The fourth-order valence-electron chi connectivity index (χ4n) is 8.67. The van der Waals surface area contributed by atoms with Gasteiger partial charge in [-0.1, -0.05) is 19.8 Å². The molecule has 4 aliphatic carbocycles. The minimum Gasteiger partial charge on any atom is -0.396 e. The lowest BCUT2D eigenvalue weighted by atomic mass is 9.44. The summed E-state index contributed by atoms with van der Waals surface area (Å²) in [7, 11) is 2.11. The predicted molar refractivity (Wildman–Crippen MR) is 104 cm³/mol. The average molecular weight is 348 g/mol. The molecule has 4 rings (SSSR count). The standard InChI is InChI=1S/C23H41NO/c1-21(2,24-4)20-11-10-19-17-9-8-16-7-5-6-13-22(16,3)18(17)12-14-23(19,20)15-25/h16-20,24-25H,5-15H2,1-4H3. The maximum absolute atomic E-state index is 10.6. The first-order valence-corrected chi connectivity index (χ1v) is 11.2. The number of aliphatic hydroxyl groups is 1. The maximum Gasteiger partial charge on any atom is 0.0493 e. The quantitative estimate of drug-likeness (QED) is 0.752. The highest BCUT2D eigenvalue weighted by Gasteiger charge is 2.63. The summed E-state index contributed by atoms with van der Waals surface area (Å²) in [5, 5.41) is 14.2. The van der Waals surface area contributed by atoms with Crippen LogP contribution in [0.25, 0.3) is 0 Å². The summed E-state index contributed by atoms with van der Waals surface area (Å²) in [6, 6.07) is 0. The predicted octanol–water partition coefficient (Wildman–Crippen LogP) is 5.01. The molecular weight excluding hydrogens is 306 g/mol. The van der Waals surface area contributed by atoms with E-state index in [9.17, 15) is 5.11 Å². The maximum atomic E-state index is 10.6. The summed E-state index contributed by atoms with van der Waals surface area (Å²) in [4.78, 5) is 0. The second-order valence-corrected chi connectivity index (χ2v) is 10.9. The normalized spacial score (nSPS) is 50.0. The van der Waals surface area contributed by atoms with Crippen molar-refractivity contribution in [2.24, 2.45) is 40.4 Å². The van der Waals surface area contributed by atoms with Crippen LogP contribution in [-0.2, 0) is 0 Å². The van der Waals surface area contributed by atoms with Gasteiger partial charge in [0.1, 0.15) is 0 Å². The van der Waals surface area contributed by atoms with Crippen LogP contribution in [0.4, 0.5) is 0 Å². The summed E-state index contributed by atoms with van der Waals surface area (Å²) in [6.07, 6.45) is 14.1. The van der Waals surface area contributed by atoms with E-state index in [0.717, 1.165) is 23.7 Å². The van der Waals surface area contributed by atoms with E-state index in [1.165, 1.54) is 64.2 Å². The van der Waals surface area contributed by atoms with Crippen LogP contribution < -0.4 is 5.32 Å². The minimum absolute atomic E-state index is 0.135. The minimum atomic E-state index is 0.135. The molecule has 2 heteroatoms. The van der Waals surface area contributed by atoms with Crippen molar-refractivity contribution in [3.63, 3.8) is 0 Å². The van der Waals surface area contributed by atoms with E-state index in [0.29, 0.717) is 17.9 Å². The third-order valence-electron chi connectivity index (χ3n) is 10.1. The first-order valence-electron chi connectivity index (χ1n) is 11.2. The van der Waals surface area contributed by atoms with E-state index in [1.54, 1.807) is 0 Å². The Balaban J connectivity index is 1.65. The van der Waals surface area contributed by atoms with Crippen molar-refractivity contribution in [2.75, 3.05) is 13.7 Å². The average Bonchev–Trinajstić information content (AvgIpc) is 3.02. The molecule has 7 unspecified atom stereocenters. The van der Waals surface area contributed by atoms with E-state index in [1.807, 2.05) is 0 Å². The highest BCUT2D eigenvalue weighted by Crippen LogP contribution is 2.68. The van der Waals surface area contributed by atoms with Gasteiger partial charge in [0, 0.05) is 17.6 Å². The molecular formula is C23H41NO. The fraction of sp³-hybridized carbons (Fsp3) is 1.00. The van der Waals surface area contributed by atoms with E-state index in [2.05, 4.69) is 33.1 Å². The molecule has 4 aliphatic rings. The van der Waals surface area contributed by atoms with Crippen molar-refractivity contribution in [1.29, 1.82) is 0 Å². The van der Waals surface area contributed by atoms with Crippen LogP contribution in [0.2, 0.25) is 0 Å². The lowest BCUT2D eigenvalue weighted by Gasteiger charge is -2.61. The van der Waals surface area contributed by atoms with Crippen LogP contribution in [0.15, 0.2) is 0 Å². The molecule has 0 spiro atoms. The molecule has 0 heterocycles. The summed E-state index contributed by atoms with van der Waals surface area (Å²) >= 11 is 0. The van der Waals surface area contributed by atoms with Gasteiger partial charge in [0.05, 0.1) is 0 Å². The van der Waals surface area contributed by atoms with Gasteiger partial charge in [0.2, 0.25) is 0 Å². The van der Waals surface area contributed by atoms with Gasteiger partial charge in [0.15, 0.2) is 0 Å². The summed E-state index contributed by atoms with van der Waals surface area (Å²) < 4.78 is 0. The zero-order valence-electron chi connectivity index (χ0n) is 17.1. The number of hydrogen-bond acceptors (Lipinski definition) is 2. The summed E-state index contributed by atoms with van der Waals surface area (Å²) in [6.45, 7) is 7.80. The van der Waals surface area contributed by atoms with Crippen LogP contribution in [0.1, 0.15) is 85.0 Å². The Morgan fingerprint density at radius 1 is 0.960 bits per heavy atom. The Morgan fingerprint density at radius 2 is 1.76 bits per heavy atom. The van der Waals surface area contributed by atoms with Crippen molar-refractivity contribution in [3.05, 3.63) is 0 Å². The monoisotopic (exact) mass is 347 g/mol. The SMILES string of the molecule is CNC(C)(C)C1CCC2C3CCC4CCCCC4(C)C3CCC21CO. The molecule has 4 saturated carbocycles. The number of fused-ring (bicyclic) bond motifs is 5. The molecule has 0 bridgehead atoms. The topological polar surface area (TPSA) is 32.3 Å². The Hall–Kier alpha value is -0.0800. The third kappa shape index (κ3) is 2.49. The van der Waals surface area contributed by atoms with Gasteiger partial charge >= 0.3 is 0 Å². The van der Waals surface area contributed by atoms with Gasteiger partial charge in [-0.25, -0.2) is 0 Å². The molecule has 0 amide bonds. The Morgan fingerprint density at radius 3 is 2.48 bits per heavy atom. The molecule has 0 aromatic rings. The van der Waals surface area contributed by atoms with Crippen LogP contribution >= 0.6 is 0 Å². The summed E-state index contributed by atoms with van der Waals surface area (Å²) in [5.41, 5.74) is 0.932. The van der Waals surface area contributed by atoms with Crippen molar-refractivity contribution in [2.45, 2.75) is 90.5 Å². The van der Waals surface area contributed by atoms with Crippen LogP contribution in [0.5, 0.6) is 0 Å². The lowest BCUT2D eigenvalue weighted by Crippen LogP contribution is -2.58. The van der Waals surface area contributed by atoms with E-state index >= 15 is 0 Å². The first kappa shape index (κ1) is 18.3. The van der Waals surface area contributed by atoms with Gasteiger partial charge < -0.3 is 10.4 Å². The van der Waals surface area contributed by atoms with Crippen LogP contribution in [0, 0.1) is 40.4 Å². The Labute approximate surface area is 155 Å². The van der Waals surface area contributed by atoms with Crippen molar-refractivity contribution < 1.29 is 5.11 Å². The van der Waals surface area contributed by atoms with Gasteiger partial charge in [-0.3, -0.25) is 0 Å². The van der Waals surface area contributed by atoms with Crippen molar-refractivity contribution in [1.82, 2.24) is 5.32 Å². The molecule has 0 radical (unpaired) electrons. The van der Waals surface area contributed by atoms with Gasteiger partial charge in [-0.05, 0) is 107 Å². The molecule has 4 fully saturated rings. The first-order chi connectivity index (χ1) is 11.9. The van der Waals surface area contributed by atoms with Crippen LogP contribution in [-0.4, -0.2) is 24.3 Å². The molecule has 0 aromatic carbocycles. The smallest absolute Gasteiger partial charge is 0.0493 e. The zero-order valence-corrected chi connectivity index (χ0v) is 17.1. The Kier molecular flexibility index (Phi) is 4.56. The largest absolute Gasteiger partial charge is 0.396 e. The number of nitrogens with one attached hydrogen (secondary N) is 1. The number of hydrogen-bond donors (Lipinski definition) is 2. The van der Waals surface area contributed by atoms with Crippen LogP contribution in [0.3, 0.4) is 0 Å². The lowest BCUT2D eigenvalue weighted by molar-refractivity contribution is -0.134. The van der Waals surface area contributed by atoms with Crippen molar-refractivity contribution in [3.8, 4) is 0 Å². The van der Waals surface area contributed by atoms with E-state index in [4.69, 9.17) is 0 Å². The second-order valence-electron chi connectivity index (χ2n) is 10.9. The molecule has 0 aromatic heterocycles. The molecule has 7 atom stereocenters.